The van der Waals surface area contributed by atoms with Crippen LogP contribution in [0.2, 0.25) is 0 Å². The molecule has 0 N–H and O–H groups in total. The van der Waals surface area contributed by atoms with Crippen molar-refractivity contribution < 1.29 is 9.53 Å². The van der Waals surface area contributed by atoms with Crippen LogP contribution < -0.4 is 4.74 Å². The number of thioether (sulfide) groups is 1. The van der Waals surface area contributed by atoms with Crippen LogP contribution in [0, 0.1) is 5.92 Å². The number of carbonyl (C=O) groups excluding carboxylic acids is 1. The highest BCUT2D eigenvalue weighted by molar-refractivity contribution is 8.26. The Kier molecular flexibility index (Phi) is 6.12. The van der Waals surface area contributed by atoms with Crippen molar-refractivity contribution in [2.45, 2.75) is 20.5 Å². The Morgan fingerprint density at radius 2 is 1.81 bits per heavy atom. The molecule has 1 aliphatic heterocycles. The van der Waals surface area contributed by atoms with Crippen molar-refractivity contribution in [1.29, 1.82) is 0 Å². The third kappa shape index (κ3) is 4.74. The largest absolute Gasteiger partial charge is 0.489 e. The molecule has 5 heteroatoms. The predicted molar refractivity (Wildman–Crippen MR) is 112 cm³/mol. The van der Waals surface area contributed by atoms with Crippen molar-refractivity contribution in [3.05, 3.63) is 70.6 Å². The molecule has 0 unspecified atom stereocenters. The summed E-state index contributed by atoms with van der Waals surface area (Å²) < 4.78 is 6.43. The van der Waals surface area contributed by atoms with Gasteiger partial charge in [0, 0.05) is 6.54 Å². The molecule has 1 aliphatic rings. The lowest BCUT2D eigenvalue weighted by Crippen LogP contribution is -2.31. The standard InChI is InChI=1S/C21H21NO2S2/c1-15(2)13-22-20(23)19(26-21(22)25)12-16-8-10-18(11-9-16)24-14-17-6-4-3-5-7-17/h3-12,15H,13-14H2,1-2H3/b19-12+. The average molecular weight is 384 g/mol. The fraction of sp³-hybridized carbons (Fsp3) is 0.238. The Morgan fingerprint density at radius 3 is 2.46 bits per heavy atom. The Morgan fingerprint density at radius 1 is 1.12 bits per heavy atom. The molecule has 1 fully saturated rings. The smallest absolute Gasteiger partial charge is 0.266 e. The maximum Gasteiger partial charge on any atom is 0.266 e. The molecular weight excluding hydrogens is 362 g/mol. The summed E-state index contributed by atoms with van der Waals surface area (Å²) in [6.07, 6.45) is 1.89. The lowest BCUT2D eigenvalue weighted by molar-refractivity contribution is -0.122. The second-order valence-corrected chi connectivity index (χ2v) is 8.21. The van der Waals surface area contributed by atoms with Crippen LogP contribution in [0.3, 0.4) is 0 Å². The highest BCUT2D eigenvalue weighted by Crippen LogP contribution is 2.33. The van der Waals surface area contributed by atoms with Gasteiger partial charge in [0.15, 0.2) is 0 Å². The van der Waals surface area contributed by atoms with Crippen molar-refractivity contribution >= 4 is 40.3 Å². The van der Waals surface area contributed by atoms with E-state index in [9.17, 15) is 4.79 Å². The first-order chi connectivity index (χ1) is 12.5. The number of carbonyl (C=O) groups is 1. The Balaban J connectivity index is 1.64. The van der Waals surface area contributed by atoms with E-state index in [0.29, 0.717) is 28.3 Å². The monoisotopic (exact) mass is 383 g/mol. The summed E-state index contributed by atoms with van der Waals surface area (Å²) in [6, 6.07) is 17.8. The molecule has 2 aromatic carbocycles. The van der Waals surface area contributed by atoms with Gasteiger partial charge in [-0.05, 0) is 35.3 Å². The normalized spacial score (nSPS) is 16.0. The van der Waals surface area contributed by atoms with Crippen LogP contribution in [0.25, 0.3) is 6.08 Å². The number of ether oxygens (including phenoxy) is 1. The molecule has 134 valence electrons. The first-order valence-electron chi connectivity index (χ1n) is 8.55. The first-order valence-corrected chi connectivity index (χ1v) is 9.77. The van der Waals surface area contributed by atoms with Gasteiger partial charge in [0.25, 0.3) is 5.91 Å². The van der Waals surface area contributed by atoms with Crippen molar-refractivity contribution in [3.63, 3.8) is 0 Å². The minimum absolute atomic E-state index is 0.00176. The second kappa shape index (κ2) is 8.52. The summed E-state index contributed by atoms with van der Waals surface area (Å²) in [5.41, 5.74) is 2.09. The molecule has 0 saturated carbocycles. The highest BCUT2D eigenvalue weighted by Gasteiger charge is 2.32. The molecule has 0 aliphatic carbocycles. The van der Waals surface area contributed by atoms with E-state index in [2.05, 4.69) is 13.8 Å². The first kappa shape index (κ1) is 18.7. The average Bonchev–Trinajstić information content (AvgIpc) is 2.89. The SMILES string of the molecule is CC(C)CN1C(=O)/C(=C\c2ccc(OCc3ccccc3)cc2)SC1=S. The molecule has 2 aromatic rings. The van der Waals surface area contributed by atoms with Gasteiger partial charge in [-0.15, -0.1) is 0 Å². The number of thiocarbonyl (C=S) groups is 1. The van der Waals surface area contributed by atoms with Gasteiger partial charge in [0.2, 0.25) is 0 Å². The molecule has 0 aromatic heterocycles. The number of amides is 1. The van der Waals surface area contributed by atoms with E-state index < -0.39 is 0 Å². The quantitative estimate of drug-likeness (QED) is 0.511. The molecule has 0 bridgehead atoms. The van der Waals surface area contributed by atoms with Crippen LogP contribution in [0.4, 0.5) is 0 Å². The minimum atomic E-state index is -0.00176. The van der Waals surface area contributed by atoms with Crippen LogP contribution in [-0.4, -0.2) is 21.7 Å². The highest BCUT2D eigenvalue weighted by atomic mass is 32.2. The fourth-order valence-electron chi connectivity index (χ4n) is 2.58. The molecule has 3 nitrogen and oxygen atoms in total. The summed E-state index contributed by atoms with van der Waals surface area (Å²) in [5.74, 6) is 1.19. The van der Waals surface area contributed by atoms with E-state index in [1.54, 1.807) is 4.90 Å². The Hall–Kier alpha value is -2.11. The van der Waals surface area contributed by atoms with E-state index in [1.807, 2.05) is 60.7 Å². The number of nitrogens with zero attached hydrogens (tertiary/aromatic N) is 1. The third-order valence-electron chi connectivity index (χ3n) is 3.85. The van der Waals surface area contributed by atoms with Gasteiger partial charge in [-0.1, -0.05) is 80.3 Å². The van der Waals surface area contributed by atoms with Gasteiger partial charge < -0.3 is 4.74 Å². The van der Waals surface area contributed by atoms with Gasteiger partial charge in [-0.2, -0.15) is 0 Å². The zero-order valence-corrected chi connectivity index (χ0v) is 16.5. The van der Waals surface area contributed by atoms with E-state index in [4.69, 9.17) is 17.0 Å². The summed E-state index contributed by atoms with van der Waals surface area (Å²) in [4.78, 5) is 14.9. The number of hydrogen-bond acceptors (Lipinski definition) is 4. The van der Waals surface area contributed by atoms with Gasteiger partial charge in [-0.3, -0.25) is 9.69 Å². The Bertz CT molecular complexity index is 814. The predicted octanol–water partition coefficient (Wildman–Crippen LogP) is 5.12. The molecule has 0 atom stereocenters. The van der Waals surface area contributed by atoms with Gasteiger partial charge in [-0.25, -0.2) is 0 Å². The van der Waals surface area contributed by atoms with Crippen LogP contribution in [0.15, 0.2) is 59.5 Å². The molecule has 3 rings (SSSR count). The Labute approximate surface area is 164 Å². The van der Waals surface area contributed by atoms with E-state index in [0.717, 1.165) is 16.9 Å². The molecule has 1 amide bonds. The second-order valence-electron chi connectivity index (χ2n) is 6.53. The summed E-state index contributed by atoms with van der Waals surface area (Å²) in [7, 11) is 0. The maximum atomic E-state index is 12.5. The van der Waals surface area contributed by atoms with E-state index in [1.165, 1.54) is 11.8 Å². The van der Waals surface area contributed by atoms with Gasteiger partial charge in [0.1, 0.15) is 16.7 Å². The van der Waals surface area contributed by atoms with Crippen LogP contribution >= 0.6 is 24.0 Å². The summed E-state index contributed by atoms with van der Waals surface area (Å²) in [6.45, 7) is 5.36. The van der Waals surface area contributed by atoms with Crippen LogP contribution in [0.5, 0.6) is 5.75 Å². The van der Waals surface area contributed by atoms with E-state index >= 15 is 0 Å². The fourth-order valence-corrected chi connectivity index (χ4v) is 3.85. The lowest BCUT2D eigenvalue weighted by atomic mass is 10.2. The third-order valence-corrected chi connectivity index (χ3v) is 5.23. The number of rotatable bonds is 6. The lowest BCUT2D eigenvalue weighted by Gasteiger charge is -2.16. The molecule has 1 saturated heterocycles. The zero-order valence-electron chi connectivity index (χ0n) is 14.8. The van der Waals surface area contributed by atoms with Crippen molar-refractivity contribution in [2.24, 2.45) is 5.92 Å². The molecule has 1 heterocycles. The maximum absolute atomic E-state index is 12.5. The topological polar surface area (TPSA) is 29.5 Å². The summed E-state index contributed by atoms with van der Waals surface area (Å²) in [5, 5.41) is 0. The van der Waals surface area contributed by atoms with Gasteiger partial charge >= 0.3 is 0 Å². The molecule has 26 heavy (non-hydrogen) atoms. The number of benzene rings is 2. The minimum Gasteiger partial charge on any atom is -0.489 e. The molecule has 0 radical (unpaired) electrons. The summed E-state index contributed by atoms with van der Waals surface area (Å²) >= 11 is 6.71. The van der Waals surface area contributed by atoms with Crippen molar-refractivity contribution in [1.82, 2.24) is 4.90 Å². The van der Waals surface area contributed by atoms with E-state index in [-0.39, 0.29) is 5.91 Å². The van der Waals surface area contributed by atoms with Crippen LogP contribution in [-0.2, 0) is 11.4 Å². The zero-order chi connectivity index (χ0) is 18.5. The van der Waals surface area contributed by atoms with Gasteiger partial charge in [0.05, 0.1) is 4.91 Å². The number of hydrogen-bond donors (Lipinski definition) is 0. The molecule has 0 spiro atoms. The van der Waals surface area contributed by atoms with Crippen molar-refractivity contribution in [2.75, 3.05) is 6.54 Å². The molecular formula is C21H21NO2S2. The van der Waals surface area contributed by atoms with Crippen LogP contribution in [0.1, 0.15) is 25.0 Å². The van der Waals surface area contributed by atoms with Crippen molar-refractivity contribution in [3.8, 4) is 5.75 Å².